The third kappa shape index (κ3) is 5.75. The second-order valence-electron chi connectivity index (χ2n) is 6.70. The lowest BCUT2D eigenvalue weighted by atomic mass is 10.1. The summed E-state index contributed by atoms with van der Waals surface area (Å²) in [6.07, 6.45) is 5.03. The summed E-state index contributed by atoms with van der Waals surface area (Å²) < 4.78 is 20.3. The van der Waals surface area contributed by atoms with E-state index in [0.29, 0.717) is 23.6 Å². The lowest BCUT2D eigenvalue weighted by Crippen LogP contribution is -2.25. The Bertz CT molecular complexity index is 1110. The Morgan fingerprint density at radius 2 is 2.06 bits per heavy atom. The van der Waals surface area contributed by atoms with E-state index in [1.807, 2.05) is 29.8 Å². The molecule has 31 heavy (non-hydrogen) atoms. The zero-order chi connectivity index (χ0) is 22.2. The molecular formula is C22H23FN6O2. The molecule has 0 bridgehead atoms. The van der Waals surface area contributed by atoms with Gasteiger partial charge in [0.2, 0.25) is 5.91 Å². The van der Waals surface area contributed by atoms with Gasteiger partial charge in [-0.15, -0.1) is 0 Å². The summed E-state index contributed by atoms with van der Waals surface area (Å²) in [5.41, 5.74) is 3.59. The van der Waals surface area contributed by atoms with E-state index < -0.39 is 0 Å². The summed E-state index contributed by atoms with van der Waals surface area (Å²) in [7, 11) is 1.57. The topological polar surface area (TPSA) is 107 Å². The van der Waals surface area contributed by atoms with Crippen molar-refractivity contribution in [1.82, 2.24) is 14.9 Å². The smallest absolute Gasteiger partial charge is 0.241 e. The quantitative estimate of drug-likeness (QED) is 0.330. The average Bonchev–Trinajstić information content (AvgIpc) is 3.22. The minimum absolute atomic E-state index is 0.0935. The van der Waals surface area contributed by atoms with Gasteiger partial charge in [-0.1, -0.05) is 18.2 Å². The van der Waals surface area contributed by atoms with Crippen molar-refractivity contribution in [1.29, 1.82) is 0 Å². The highest BCUT2D eigenvalue weighted by Crippen LogP contribution is 2.24. The van der Waals surface area contributed by atoms with Crippen molar-refractivity contribution in [3.8, 4) is 11.4 Å². The highest BCUT2D eigenvalue weighted by Gasteiger charge is 2.10. The molecule has 3 aromatic rings. The number of halogens is 1. The number of nitrogens with two attached hydrogens (primary N) is 1. The van der Waals surface area contributed by atoms with Crippen LogP contribution in [0, 0.1) is 12.7 Å². The number of hydrogen-bond acceptors (Lipinski definition) is 6. The number of nitrogens with zero attached hydrogens (tertiary/aromatic N) is 4. The van der Waals surface area contributed by atoms with Gasteiger partial charge in [0.05, 0.1) is 24.8 Å². The maximum absolute atomic E-state index is 12.9. The Labute approximate surface area is 179 Å². The first-order chi connectivity index (χ1) is 15.0. The van der Waals surface area contributed by atoms with Crippen molar-refractivity contribution in [3.63, 3.8) is 0 Å². The zero-order valence-electron chi connectivity index (χ0n) is 17.2. The number of hydrogen-bond donors (Lipinski definition) is 2. The molecule has 8 nitrogen and oxygen atoms in total. The van der Waals surface area contributed by atoms with E-state index in [0.717, 1.165) is 16.9 Å². The SMILES string of the molecule is COc1cc(/C(C=NCC(=O)NCc2ccc(F)cc2)=N/N)ccc1-n1cnc(C)c1. The fourth-order valence-electron chi connectivity index (χ4n) is 2.86. The highest BCUT2D eigenvalue weighted by molar-refractivity contribution is 6.38. The Morgan fingerprint density at radius 3 is 2.71 bits per heavy atom. The first-order valence-electron chi connectivity index (χ1n) is 9.48. The van der Waals surface area contributed by atoms with Crippen molar-refractivity contribution in [3.05, 3.63) is 77.6 Å². The van der Waals surface area contributed by atoms with Crippen LogP contribution in [-0.2, 0) is 11.3 Å². The van der Waals surface area contributed by atoms with Crippen molar-refractivity contribution in [2.24, 2.45) is 15.9 Å². The maximum atomic E-state index is 12.9. The van der Waals surface area contributed by atoms with Crippen LogP contribution in [0.3, 0.4) is 0 Å². The molecule has 0 radical (unpaired) electrons. The monoisotopic (exact) mass is 422 g/mol. The number of rotatable bonds is 8. The van der Waals surface area contributed by atoms with Crippen molar-refractivity contribution < 1.29 is 13.9 Å². The van der Waals surface area contributed by atoms with Crippen LogP contribution >= 0.6 is 0 Å². The molecule has 3 N–H and O–H groups in total. The van der Waals surface area contributed by atoms with E-state index in [-0.39, 0.29) is 18.3 Å². The van der Waals surface area contributed by atoms with Gasteiger partial charge in [-0.2, -0.15) is 5.10 Å². The van der Waals surface area contributed by atoms with Gasteiger partial charge in [0.1, 0.15) is 23.8 Å². The van der Waals surface area contributed by atoms with Crippen molar-refractivity contribution in [2.75, 3.05) is 13.7 Å². The predicted octanol–water partition coefficient (Wildman–Crippen LogP) is 2.38. The van der Waals surface area contributed by atoms with E-state index in [2.05, 4.69) is 20.4 Å². The Balaban J connectivity index is 1.63. The second-order valence-corrected chi connectivity index (χ2v) is 6.70. The molecule has 1 heterocycles. The van der Waals surface area contributed by atoms with Gasteiger partial charge in [-0.25, -0.2) is 9.37 Å². The molecule has 0 aliphatic carbocycles. The lowest BCUT2D eigenvalue weighted by Gasteiger charge is -2.11. The Morgan fingerprint density at radius 1 is 1.29 bits per heavy atom. The van der Waals surface area contributed by atoms with Crippen molar-refractivity contribution in [2.45, 2.75) is 13.5 Å². The number of nitrogens with one attached hydrogen (secondary N) is 1. The van der Waals surface area contributed by atoms with E-state index in [4.69, 9.17) is 10.6 Å². The zero-order valence-corrected chi connectivity index (χ0v) is 17.2. The van der Waals surface area contributed by atoms with Crippen LogP contribution in [0.25, 0.3) is 5.69 Å². The van der Waals surface area contributed by atoms with Gasteiger partial charge in [0.25, 0.3) is 0 Å². The summed E-state index contributed by atoms with van der Waals surface area (Å²) in [6.45, 7) is 2.10. The molecule has 1 aromatic heterocycles. The molecule has 2 aromatic carbocycles. The van der Waals surface area contributed by atoms with E-state index in [9.17, 15) is 9.18 Å². The Hall–Kier alpha value is -4.01. The summed E-state index contributed by atoms with van der Waals surface area (Å²) in [5.74, 6) is 5.54. The summed E-state index contributed by atoms with van der Waals surface area (Å²) in [4.78, 5) is 20.3. The van der Waals surface area contributed by atoms with Crippen LogP contribution in [0.5, 0.6) is 5.75 Å². The fraction of sp³-hybridized carbons (Fsp3) is 0.182. The Kier molecular flexibility index (Phi) is 7.10. The van der Waals surface area contributed by atoms with Gasteiger partial charge >= 0.3 is 0 Å². The molecule has 160 valence electrons. The second kappa shape index (κ2) is 10.1. The third-order valence-electron chi connectivity index (χ3n) is 4.46. The molecule has 0 atom stereocenters. The number of hydrazone groups is 1. The number of aliphatic imine (C=N–C) groups is 1. The molecule has 3 rings (SSSR count). The van der Waals surface area contributed by atoms with Gasteiger partial charge < -0.3 is 20.5 Å². The number of imidazole rings is 1. The van der Waals surface area contributed by atoms with Gasteiger partial charge in [-0.05, 0) is 36.8 Å². The minimum Gasteiger partial charge on any atom is -0.495 e. The number of methoxy groups -OCH3 is 1. The maximum Gasteiger partial charge on any atom is 0.241 e. The van der Waals surface area contributed by atoms with E-state index in [1.165, 1.54) is 18.3 Å². The number of carbonyl (C=O) groups excluding carboxylic acids is 1. The first-order valence-corrected chi connectivity index (χ1v) is 9.48. The van der Waals surface area contributed by atoms with Crippen LogP contribution in [0.4, 0.5) is 4.39 Å². The normalized spacial score (nSPS) is 11.6. The first kappa shape index (κ1) is 21.7. The average molecular weight is 422 g/mol. The number of amides is 1. The van der Waals surface area contributed by atoms with E-state index >= 15 is 0 Å². The summed E-state index contributed by atoms with van der Waals surface area (Å²) in [6, 6.07) is 11.4. The minimum atomic E-state index is -0.321. The molecule has 1 amide bonds. The van der Waals surface area contributed by atoms with Gasteiger partial charge in [0, 0.05) is 24.5 Å². The highest BCUT2D eigenvalue weighted by atomic mass is 19.1. The van der Waals surface area contributed by atoms with Crippen molar-refractivity contribution >= 4 is 17.8 Å². The molecule has 0 aliphatic heterocycles. The predicted molar refractivity (Wildman–Crippen MR) is 117 cm³/mol. The van der Waals surface area contributed by atoms with Crippen LogP contribution in [-0.4, -0.2) is 41.0 Å². The lowest BCUT2D eigenvalue weighted by molar-refractivity contribution is -0.119. The molecule has 0 saturated heterocycles. The van der Waals surface area contributed by atoms with Gasteiger partial charge in [0.15, 0.2) is 0 Å². The molecule has 0 spiro atoms. The van der Waals surface area contributed by atoms with Crippen LogP contribution in [0.15, 0.2) is 65.1 Å². The fourth-order valence-corrected chi connectivity index (χ4v) is 2.86. The van der Waals surface area contributed by atoms with Gasteiger partial charge in [-0.3, -0.25) is 9.79 Å². The number of aromatic nitrogens is 2. The molecule has 0 saturated carbocycles. The third-order valence-corrected chi connectivity index (χ3v) is 4.46. The largest absolute Gasteiger partial charge is 0.495 e. The number of carbonyl (C=O) groups is 1. The number of aryl methyl sites for hydroxylation is 1. The van der Waals surface area contributed by atoms with Crippen LogP contribution in [0.2, 0.25) is 0 Å². The molecule has 9 heteroatoms. The summed E-state index contributed by atoms with van der Waals surface area (Å²) in [5, 5.41) is 6.49. The van der Waals surface area contributed by atoms with Crippen LogP contribution < -0.4 is 15.9 Å². The molecule has 0 fully saturated rings. The number of ether oxygens (including phenoxy) is 1. The van der Waals surface area contributed by atoms with E-state index in [1.54, 1.807) is 31.6 Å². The number of benzene rings is 2. The molecular weight excluding hydrogens is 399 g/mol. The standard InChI is InChI=1S/C22H23FN6O2/c1-15-13-29(14-27-15)20-8-5-17(9-21(20)31-2)19(28-24)11-25-12-22(30)26-10-16-3-6-18(23)7-4-16/h3-9,11,13-14H,10,12,24H2,1-2H3,(H,26,30)/b25-11?,28-19+. The summed E-state index contributed by atoms with van der Waals surface area (Å²) >= 11 is 0. The molecule has 0 aliphatic rings. The molecule has 0 unspecified atom stereocenters. The van der Waals surface area contributed by atoms with Crippen LogP contribution in [0.1, 0.15) is 16.8 Å².